The zero-order valence-corrected chi connectivity index (χ0v) is 14.0. The summed E-state index contributed by atoms with van der Waals surface area (Å²) in [6, 6.07) is 16.9. The number of likely N-dealkylation sites (tertiary alicyclic amines) is 1. The van der Waals surface area contributed by atoms with Crippen LogP contribution in [0.15, 0.2) is 48.5 Å². The topological polar surface area (TPSA) is 46.8 Å². The van der Waals surface area contributed by atoms with Gasteiger partial charge in [-0.1, -0.05) is 29.5 Å². The van der Waals surface area contributed by atoms with Crippen LogP contribution in [0.5, 0.6) is 0 Å². The number of thiazole rings is 1. The van der Waals surface area contributed by atoms with E-state index in [2.05, 4.69) is 45.5 Å². The molecule has 5 nitrogen and oxygen atoms in total. The molecule has 0 bridgehead atoms. The lowest BCUT2D eigenvalue weighted by molar-refractivity contribution is 0.193. The van der Waals surface area contributed by atoms with Gasteiger partial charge in [-0.3, -0.25) is 4.90 Å². The van der Waals surface area contributed by atoms with E-state index >= 15 is 0 Å². The maximum absolute atomic E-state index is 4.87. The van der Waals surface area contributed by atoms with Crippen LogP contribution in [0.2, 0.25) is 0 Å². The molecule has 5 rings (SSSR count). The monoisotopic (exact) mass is 335 g/mol. The van der Waals surface area contributed by atoms with Crippen LogP contribution in [0.4, 0.5) is 0 Å². The highest BCUT2D eigenvalue weighted by atomic mass is 32.1. The summed E-state index contributed by atoms with van der Waals surface area (Å²) in [7, 11) is 0. The third-order valence-electron chi connectivity index (χ3n) is 4.69. The lowest BCUT2D eigenvalue weighted by Crippen LogP contribution is -2.26. The molecule has 0 amide bonds. The molecule has 0 N–H and O–H groups in total. The van der Waals surface area contributed by atoms with Crippen LogP contribution in [0.3, 0.4) is 0 Å². The molecule has 0 aliphatic carbocycles. The first-order valence-electron chi connectivity index (χ1n) is 8.26. The normalized spacial score (nSPS) is 18.8. The van der Waals surface area contributed by atoms with Gasteiger partial charge in [-0.25, -0.2) is 9.67 Å². The van der Waals surface area contributed by atoms with Crippen LogP contribution >= 0.6 is 11.3 Å². The summed E-state index contributed by atoms with van der Waals surface area (Å²) in [5.74, 6) is 0. The molecule has 0 spiro atoms. The molecule has 0 radical (unpaired) electrons. The van der Waals surface area contributed by atoms with E-state index < -0.39 is 0 Å². The number of rotatable bonds is 3. The lowest BCUT2D eigenvalue weighted by Gasteiger charge is -2.22. The minimum atomic E-state index is 0.380. The molecule has 1 atom stereocenters. The molecule has 1 aliphatic heterocycles. The first kappa shape index (κ1) is 14.1. The number of aromatic nitrogens is 4. The van der Waals surface area contributed by atoms with Gasteiger partial charge in [0.15, 0.2) is 0 Å². The summed E-state index contributed by atoms with van der Waals surface area (Å²) < 4.78 is 3.27. The molecule has 24 heavy (non-hydrogen) atoms. The fourth-order valence-corrected chi connectivity index (χ4v) is 4.64. The zero-order chi connectivity index (χ0) is 15.9. The van der Waals surface area contributed by atoms with Crippen LogP contribution in [0.25, 0.3) is 21.3 Å². The summed E-state index contributed by atoms with van der Waals surface area (Å²) in [4.78, 5) is 7.34. The molecule has 0 saturated carbocycles. The Balaban J connectivity index is 1.46. The zero-order valence-electron chi connectivity index (χ0n) is 13.2. The van der Waals surface area contributed by atoms with E-state index in [1.807, 2.05) is 34.2 Å². The first-order valence-corrected chi connectivity index (χ1v) is 9.08. The van der Waals surface area contributed by atoms with Crippen molar-refractivity contribution in [2.45, 2.75) is 25.6 Å². The van der Waals surface area contributed by atoms with Gasteiger partial charge in [0.1, 0.15) is 10.5 Å². The van der Waals surface area contributed by atoms with Gasteiger partial charge >= 0.3 is 0 Å². The molecule has 1 fully saturated rings. The van der Waals surface area contributed by atoms with Crippen molar-refractivity contribution in [3.8, 4) is 0 Å². The van der Waals surface area contributed by atoms with Crippen LogP contribution in [0, 0.1) is 0 Å². The predicted molar refractivity (Wildman–Crippen MR) is 95.8 cm³/mol. The van der Waals surface area contributed by atoms with Crippen LogP contribution in [-0.4, -0.2) is 31.4 Å². The highest BCUT2D eigenvalue weighted by Crippen LogP contribution is 2.36. The molecule has 2 aromatic carbocycles. The lowest BCUT2D eigenvalue weighted by atomic mass is 10.2. The van der Waals surface area contributed by atoms with Crippen molar-refractivity contribution in [1.82, 2.24) is 24.9 Å². The summed E-state index contributed by atoms with van der Waals surface area (Å²) in [5, 5.41) is 9.82. The molecule has 1 saturated heterocycles. The van der Waals surface area contributed by atoms with Crippen molar-refractivity contribution >= 4 is 32.6 Å². The third kappa shape index (κ3) is 2.30. The second-order valence-corrected chi connectivity index (χ2v) is 7.27. The van der Waals surface area contributed by atoms with E-state index in [-0.39, 0.29) is 0 Å². The average molecular weight is 335 g/mol. The Hall–Kier alpha value is -2.31. The van der Waals surface area contributed by atoms with E-state index in [9.17, 15) is 0 Å². The molecule has 4 aromatic rings. The highest BCUT2D eigenvalue weighted by molar-refractivity contribution is 7.18. The second kappa shape index (κ2) is 5.65. The van der Waals surface area contributed by atoms with Gasteiger partial charge in [-0.2, -0.15) is 0 Å². The number of para-hydroxylation sites is 2. The number of benzene rings is 2. The fraction of sp³-hybridized carbons (Fsp3) is 0.278. The number of nitrogens with zero attached hydrogens (tertiary/aromatic N) is 5. The molecule has 120 valence electrons. The van der Waals surface area contributed by atoms with Crippen molar-refractivity contribution in [2.75, 3.05) is 6.54 Å². The average Bonchev–Trinajstić information content (AvgIpc) is 3.33. The Morgan fingerprint density at radius 3 is 2.79 bits per heavy atom. The maximum atomic E-state index is 4.87. The molecule has 2 aromatic heterocycles. The number of hydrogen-bond donors (Lipinski definition) is 0. The van der Waals surface area contributed by atoms with Crippen molar-refractivity contribution in [1.29, 1.82) is 0 Å². The summed E-state index contributed by atoms with van der Waals surface area (Å²) >= 11 is 1.82. The minimum absolute atomic E-state index is 0.380. The summed E-state index contributed by atoms with van der Waals surface area (Å²) in [6.45, 7) is 1.84. The fourth-order valence-electron chi connectivity index (χ4n) is 3.50. The van der Waals surface area contributed by atoms with Gasteiger partial charge in [-0.15, -0.1) is 16.4 Å². The standard InChI is InChI=1S/C18H17N5S/c1-3-8-15-13(6-1)20-21-23(15)12-22-11-5-9-16(22)18-19-14-7-2-4-10-17(14)24-18/h1-4,6-8,10,16H,5,9,11-12H2/t16-/m1/s1. The SMILES string of the molecule is c1ccc2sc([C@H]3CCCN3Cn3nnc4ccccc43)nc2c1. The van der Waals surface area contributed by atoms with Gasteiger partial charge in [0, 0.05) is 6.54 Å². The smallest absolute Gasteiger partial charge is 0.113 e. The molecular formula is C18H17N5S. The molecule has 0 unspecified atom stereocenters. The van der Waals surface area contributed by atoms with Gasteiger partial charge < -0.3 is 0 Å². The molecule has 3 heterocycles. The van der Waals surface area contributed by atoms with Gasteiger partial charge in [0.25, 0.3) is 0 Å². The minimum Gasteiger partial charge on any atom is -0.275 e. The Kier molecular flexibility index (Phi) is 3.31. The predicted octanol–water partition coefficient (Wildman–Crippen LogP) is 3.84. The van der Waals surface area contributed by atoms with E-state index in [1.54, 1.807) is 0 Å². The Bertz CT molecular complexity index is 972. The van der Waals surface area contributed by atoms with E-state index in [1.165, 1.54) is 16.1 Å². The van der Waals surface area contributed by atoms with Crippen molar-refractivity contribution in [3.05, 3.63) is 53.5 Å². The Morgan fingerprint density at radius 2 is 1.88 bits per heavy atom. The highest BCUT2D eigenvalue weighted by Gasteiger charge is 2.29. The van der Waals surface area contributed by atoms with Crippen LogP contribution < -0.4 is 0 Å². The third-order valence-corrected chi connectivity index (χ3v) is 5.83. The van der Waals surface area contributed by atoms with Crippen LogP contribution in [0.1, 0.15) is 23.9 Å². The summed E-state index contributed by atoms with van der Waals surface area (Å²) in [6.07, 6.45) is 2.36. The Morgan fingerprint density at radius 1 is 1.04 bits per heavy atom. The van der Waals surface area contributed by atoms with Gasteiger partial charge in [-0.05, 0) is 37.1 Å². The largest absolute Gasteiger partial charge is 0.275 e. The summed E-state index contributed by atoms with van der Waals surface area (Å²) in [5.41, 5.74) is 3.15. The number of hydrogen-bond acceptors (Lipinski definition) is 5. The van der Waals surface area contributed by atoms with Gasteiger partial charge in [0.2, 0.25) is 0 Å². The van der Waals surface area contributed by atoms with E-state index in [4.69, 9.17) is 4.98 Å². The molecule has 1 aliphatic rings. The van der Waals surface area contributed by atoms with Gasteiger partial charge in [0.05, 0.1) is 28.4 Å². The number of fused-ring (bicyclic) bond motifs is 2. The van der Waals surface area contributed by atoms with E-state index in [0.717, 1.165) is 36.2 Å². The first-order chi connectivity index (χ1) is 11.9. The quantitative estimate of drug-likeness (QED) is 0.571. The Labute approximate surface area is 143 Å². The molecular weight excluding hydrogens is 318 g/mol. The maximum Gasteiger partial charge on any atom is 0.113 e. The second-order valence-electron chi connectivity index (χ2n) is 6.21. The van der Waals surface area contributed by atoms with Crippen LogP contribution in [-0.2, 0) is 6.67 Å². The van der Waals surface area contributed by atoms with Crippen molar-refractivity contribution in [3.63, 3.8) is 0 Å². The van der Waals surface area contributed by atoms with E-state index in [0.29, 0.717) is 6.04 Å². The molecule has 6 heteroatoms. The van der Waals surface area contributed by atoms with Crippen molar-refractivity contribution < 1.29 is 0 Å². The van der Waals surface area contributed by atoms with Crippen molar-refractivity contribution in [2.24, 2.45) is 0 Å².